The third-order valence-corrected chi connectivity index (χ3v) is 3.34. The van der Waals surface area contributed by atoms with Crippen LogP contribution in [0.1, 0.15) is 30.5 Å². The fourth-order valence-electron chi connectivity index (χ4n) is 2.23. The first-order chi connectivity index (χ1) is 9.13. The molecule has 0 atom stereocenters. The van der Waals surface area contributed by atoms with Gasteiger partial charge in [0.25, 0.3) is 0 Å². The second-order valence-corrected chi connectivity index (χ2v) is 5.13. The van der Waals surface area contributed by atoms with Crippen molar-refractivity contribution in [3.05, 3.63) is 75.8 Å². The lowest BCUT2D eigenvalue weighted by Crippen LogP contribution is -1.96. The SMILES string of the molecule is CC(C)=C(c1ccc(Cl)cc1)c1ccccc1CO. The number of hydrogen-bond donors (Lipinski definition) is 1. The first kappa shape index (κ1) is 13.9. The molecule has 2 rings (SSSR count). The quantitative estimate of drug-likeness (QED) is 0.861. The Hall–Kier alpha value is -1.57. The summed E-state index contributed by atoms with van der Waals surface area (Å²) in [6.07, 6.45) is 0. The Morgan fingerprint density at radius 3 is 2.21 bits per heavy atom. The summed E-state index contributed by atoms with van der Waals surface area (Å²) in [5, 5.41) is 10.2. The molecular weight excluding hydrogens is 256 g/mol. The molecule has 0 bridgehead atoms. The van der Waals surface area contributed by atoms with Crippen molar-refractivity contribution in [1.29, 1.82) is 0 Å². The second-order valence-electron chi connectivity index (χ2n) is 4.70. The van der Waals surface area contributed by atoms with Crippen molar-refractivity contribution in [2.24, 2.45) is 0 Å². The van der Waals surface area contributed by atoms with Crippen LogP contribution in [0.25, 0.3) is 5.57 Å². The number of rotatable bonds is 3. The predicted molar refractivity (Wildman–Crippen MR) is 81.2 cm³/mol. The first-order valence-corrected chi connectivity index (χ1v) is 6.64. The molecule has 19 heavy (non-hydrogen) atoms. The van der Waals surface area contributed by atoms with E-state index in [1.165, 1.54) is 5.57 Å². The highest BCUT2D eigenvalue weighted by atomic mass is 35.5. The van der Waals surface area contributed by atoms with Gasteiger partial charge < -0.3 is 5.11 Å². The predicted octanol–water partition coefficient (Wildman–Crippen LogP) is 4.67. The lowest BCUT2D eigenvalue weighted by atomic mass is 9.91. The third-order valence-electron chi connectivity index (χ3n) is 3.09. The maximum absolute atomic E-state index is 9.50. The Kier molecular flexibility index (Phi) is 4.41. The summed E-state index contributed by atoms with van der Waals surface area (Å²) >= 11 is 5.94. The van der Waals surface area contributed by atoms with E-state index in [9.17, 15) is 5.11 Å². The summed E-state index contributed by atoms with van der Waals surface area (Å²) in [7, 11) is 0. The third kappa shape index (κ3) is 3.06. The number of halogens is 1. The molecule has 0 aliphatic carbocycles. The van der Waals surface area contributed by atoms with Crippen molar-refractivity contribution in [1.82, 2.24) is 0 Å². The van der Waals surface area contributed by atoms with Crippen molar-refractivity contribution >= 4 is 17.2 Å². The summed E-state index contributed by atoms with van der Waals surface area (Å²) in [4.78, 5) is 0. The zero-order chi connectivity index (χ0) is 13.8. The molecule has 1 N–H and O–H groups in total. The smallest absolute Gasteiger partial charge is 0.0687 e. The van der Waals surface area contributed by atoms with E-state index in [0.717, 1.165) is 27.3 Å². The van der Waals surface area contributed by atoms with Crippen LogP contribution in [0.4, 0.5) is 0 Å². The zero-order valence-corrected chi connectivity index (χ0v) is 11.9. The molecule has 0 saturated carbocycles. The Balaban J connectivity index is 2.60. The van der Waals surface area contributed by atoms with E-state index in [4.69, 9.17) is 11.6 Å². The molecule has 0 unspecified atom stereocenters. The molecule has 0 aliphatic rings. The average Bonchev–Trinajstić information content (AvgIpc) is 2.41. The Bertz CT molecular complexity index is 593. The van der Waals surface area contributed by atoms with E-state index in [2.05, 4.69) is 13.8 Å². The van der Waals surface area contributed by atoms with Gasteiger partial charge in [0.2, 0.25) is 0 Å². The molecule has 98 valence electrons. The van der Waals surface area contributed by atoms with Gasteiger partial charge in [0, 0.05) is 5.02 Å². The molecule has 0 radical (unpaired) electrons. The first-order valence-electron chi connectivity index (χ1n) is 6.26. The molecule has 2 aromatic rings. The largest absolute Gasteiger partial charge is 0.392 e. The zero-order valence-electron chi connectivity index (χ0n) is 11.2. The van der Waals surface area contributed by atoms with Gasteiger partial charge in [-0.2, -0.15) is 0 Å². The highest BCUT2D eigenvalue weighted by Crippen LogP contribution is 2.30. The van der Waals surface area contributed by atoms with Gasteiger partial charge in [0.05, 0.1) is 6.61 Å². The number of hydrogen-bond acceptors (Lipinski definition) is 1. The van der Waals surface area contributed by atoms with Gasteiger partial charge in [-0.15, -0.1) is 0 Å². The molecule has 2 aromatic carbocycles. The minimum absolute atomic E-state index is 0.0422. The molecular formula is C17H17ClO. The van der Waals surface area contributed by atoms with Gasteiger partial charge in [-0.05, 0) is 48.2 Å². The Morgan fingerprint density at radius 2 is 1.63 bits per heavy atom. The van der Waals surface area contributed by atoms with Crippen molar-refractivity contribution in [3.8, 4) is 0 Å². The minimum atomic E-state index is 0.0422. The van der Waals surface area contributed by atoms with Crippen LogP contribution in [0.2, 0.25) is 5.02 Å². The van der Waals surface area contributed by atoms with Crippen LogP contribution in [-0.2, 0) is 6.61 Å². The molecule has 0 aliphatic heterocycles. The summed E-state index contributed by atoms with van der Waals surface area (Å²) < 4.78 is 0. The molecule has 0 fully saturated rings. The highest BCUT2D eigenvalue weighted by molar-refractivity contribution is 6.30. The molecule has 0 saturated heterocycles. The molecule has 2 heteroatoms. The molecule has 1 nitrogen and oxygen atoms in total. The lowest BCUT2D eigenvalue weighted by Gasteiger charge is -2.14. The molecule has 0 spiro atoms. The highest BCUT2D eigenvalue weighted by Gasteiger charge is 2.10. The van der Waals surface area contributed by atoms with Gasteiger partial charge >= 0.3 is 0 Å². The number of benzene rings is 2. The topological polar surface area (TPSA) is 20.2 Å². The van der Waals surface area contributed by atoms with Crippen molar-refractivity contribution in [2.75, 3.05) is 0 Å². The van der Waals surface area contributed by atoms with Gasteiger partial charge in [0.1, 0.15) is 0 Å². The summed E-state index contributed by atoms with van der Waals surface area (Å²) in [6, 6.07) is 15.7. The van der Waals surface area contributed by atoms with E-state index in [1.807, 2.05) is 48.5 Å². The van der Waals surface area contributed by atoms with Crippen LogP contribution in [0.5, 0.6) is 0 Å². The number of aliphatic hydroxyl groups is 1. The van der Waals surface area contributed by atoms with Crippen molar-refractivity contribution < 1.29 is 5.11 Å². The molecule has 0 aromatic heterocycles. The summed E-state index contributed by atoms with van der Waals surface area (Å²) in [6.45, 7) is 4.21. The molecule has 0 amide bonds. The summed E-state index contributed by atoms with van der Waals surface area (Å²) in [5.41, 5.74) is 5.50. The summed E-state index contributed by atoms with van der Waals surface area (Å²) in [5.74, 6) is 0. The molecule has 0 heterocycles. The van der Waals surface area contributed by atoms with Crippen LogP contribution in [0.15, 0.2) is 54.1 Å². The standard InChI is InChI=1S/C17H17ClO/c1-12(2)17(13-7-9-15(18)10-8-13)16-6-4-3-5-14(16)11-19/h3-10,19H,11H2,1-2H3. The number of allylic oxidation sites excluding steroid dienone is 1. The normalized spacial score (nSPS) is 10.3. The maximum Gasteiger partial charge on any atom is 0.0687 e. The second kappa shape index (κ2) is 6.05. The lowest BCUT2D eigenvalue weighted by molar-refractivity contribution is 0.281. The van der Waals surface area contributed by atoms with Crippen LogP contribution in [-0.4, -0.2) is 5.11 Å². The van der Waals surface area contributed by atoms with Gasteiger partial charge in [-0.3, -0.25) is 0 Å². The van der Waals surface area contributed by atoms with E-state index < -0.39 is 0 Å². The van der Waals surface area contributed by atoms with Crippen LogP contribution < -0.4 is 0 Å². The van der Waals surface area contributed by atoms with E-state index >= 15 is 0 Å². The van der Waals surface area contributed by atoms with E-state index in [0.29, 0.717) is 0 Å². The monoisotopic (exact) mass is 272 g/mol. The van der Waals surface area contributed by atoms with E-state index in [-0.39, 0.29) is 6.61 Å². The van der Waals surface area contributed by atoms with Crippen LogP contribution in [0.3, 0.4) is 0 Å². The van der Waals surface area contributed by atoms with Gasteiger partial charge in [-0.25, -0.2) is 0 Å². The minimum Gasteiger partial charge on any atom is -0.392 e. The van der Waals surface area contributed by atoms with Crippen molar-refractivity contribution in [2.45, 2.75) is 20.5 Å². The maximum atomic E-state index is 9.50. The fraction of sp³-hybridized carbons (Fsp3) is 0.176. The fourth-order valence-corrected chi connectivity index (χ4v) is 2.36. The van der Waals surface area contributed by atoms with Gasteiger partial charge in [-0.1, -0.05) is 53.6 Å². The van der Waals surface area contributed by atoms with Gasteiger partial charge in [0.15, 0.2) is 0 Å². The van der Waals surface area contributed by atoms with Crippen LogP contribution >= 0.6 is 11.6 Å². The average molecular weight is 273 g/mol. The van der Waals surface area contributed by atoms with Crippen LogP contribution in [0, 0.1) is 0 Å². The Labute approximate surface area is 119 Å². The Morgan fingerprint density at radius 1 is 1.00 bits per heavy atom. The van der Waals surface area contributed by atoms with Crippen molar-refractivity contribution in [3.63, 3.8) is 0 Å². The number of aliphatic hydroxyl groups excluding tert-OH is 1. The van der Waals surface area contributed by atoms with E-state index in [1.54, 1.807) is 0 Å².